The third-order valence-corrected chi connectivity index (χ3v) is 7.41. The van der Waals surface area contributed by atoms with Crippen LogP contribution in [0.1, 0.15) is 6.42 Å². The van der Waals surface area contributed by atoms with Crippen LogP contribution in [0.4, 0.5) is 10.7 Å². The van der Waals surface area contributed by atoms with Gasteiger partial charge >= 0.3 is 5.69 Å². The molecule has 10 heteroatoms. The summed E-state index contributed by atoms with van der Waals surface area (Å²) in [5.41, 5.74) is -0.104. The molecular formula is C14H21N3O5S2. The number of morpholine rings is 1. The molecule has 3 rings (SSSR count). The maximum absolute atomic E-state index is 11.7. The Bertz CT molecular complexity index is 712. The Morgan fingerprint density at radius 3 is 2.71 bits per heavy atom. The summed E-state index contributed by atoms with van der Waals surface area (Å²) in [7, 11) is -3.44. The molecule has 2 aliphatic rings. The third kappa shape index (κ3) is 3.88. The highest BCUT2D eigenvalue weighted by Gasteiger charge is 2.32. The number of thiophene rings is 1. The van der Waals surface area contributed by atoms with E-state index in [0.717, 1.165) is 70.0 Å². The molecule has 1 unspecified atom stereocenters. The fourth-order valence-corrected chi connectivity index (χ4v) is 5.27. The first-order valence-electron chi connectivity index (χ1n) is 7.88. The van der Waals surface area contributed by atoms with E-state index in [1.807, 2.05) is 4.90 Å². The lowest BCUT2D eigenvalue weighted by atomic mass is 10.1. The van der Waals surface area contributed by atoms with Gasteiger partial charge in [0.2, 0.25) is 0 Å². The van der Waals surface area contributed by atoms with Crippen molar-refractivity contribution in [2.24, 2.45) is 5.92 Å². The normalized spacial score (nSPS) is 22.9. The predicted molar refractivity (Wildman–Crippen MR) is 91.7 cm³/mol. The topological polar surface area (TPSA) is 93.0 Å². The monoisotopic (exact) mass is 375 g/mol. The van der Waals surface area contributed by atoms with Crippen molar-refractivity contribution in [2.75, 3.05) is 57.1 Å². The van der Waals surface area contributed by atoms with Crippen molar-refractivity contribution < 1.29 is 18.1 Å². The Labute approximate surface area is 145 Å². The van der Waals surface area contributed by atoms with E-state index < -0.39 is 14.8 Å². The fraction of sp³-hybridized carbons (Fsp3) is 0.714. The number of rotatable bonds is 5. The number of anilines is 1. The molecule has 0 N–H and O–H groups in total. The van der Waals surface area contributed by atoms with Crippen LogP contribution in [-0.2, 0) is 14.6 Å². The van der Waals surface area contributed by atoms with Gasteiger partial charge in [0.15, 0.2) is 14.8 Å². The van der Waals surface area contributed by atoms with Gasteiger partial charge in [-0.15, -0.1) is 0 Å². The van der Waals surface area contributed by atoms with Crippen LogP contribution in [0.15, 0.2) is 10.3 Å². The Morgan fingerprint density at radius 2 is 2.08 bits per heavy atom. The summed E-state index contributed by atoms with van der Waals surface area (Å²) in [5, 5.41) is 11.7. The van der Waals surface area contributed by atoms with E-state index in [4.69, 9.17) is 4.74 Å². The Morgan fingerprint density at radius 1 is 1.38 bits per heavy atom. The van der Waals surface area contributed by atoms with Gasteiger partial charge < -0.3 is 9.64 Å². The molecule has 8 nitrogen and oxygen atoms in total. The van der Waals surface area contributed by atoms with Gasteiger partial charge in [-0.25, -0.2) is 8.42 Å². The molecule has 1 atom stereocenters. The average Bonchev–Trinajstić information content (AvgIpc) is 3.14. The van der Waals surface area contributed by atoms with Crippen molar-refractivity contribution >= 4 is 31.9 Å². The second-order valence-electron chi connectivity index (χ2n) is 6.30. The number of ether oxygens (including phenoxy) is 1. The highest BCUT2D eigenvalue weighted by atomic mass is 32.2. The number of hydrogen-bond acceptors (Lipinski definition) is 8. The molecule has 134 valence electrons. The lowest BCUT2D eigenvalue weighted by molar-refractivity contribution is -0.383. The van der Waals surface area contributed by atoms with Crippen LogP contribution in [-0.4, -0.2) is 70.4 Å². The van der Waals surface area contributed by atoms with Gasteiger partial charge in [0.05, 0.1) is 18.1 Å². The number of nitro groups is 1. The minimum atomic E-state index is -3.44. The molecular weight excluding hydrogens is 354 g/mol. The highest BCUT2D eigenvalue weighted by molar-refractivity contribution is 7.92. The van der Waals surface area contributed by atoms with Crippen LogP contribution < -0.4 is 4.90 Å². The molecule has 0 radical (unpaired) electrons. The van der Waals surface area contributed by atoms with Crippen molar-refractivity contribution in [1.29, 1.82) is 0 Å². The largest absolute Gasteiger partial charge is 0.379 e. The molecule has 1 aromatic rings. The maximum atomic E-state index is 11.7. The lowest BCUT2D eigenvalue weighted by Crippen LogP contribution is -2.39. The average molecular weight is 375 g/mol. The van der Waals surface area contributed by atoms with E-state index in [9.17, 15) is 18.5 Å². The molecule has 0 aliphatic carbocycles. The van der Waals surface area contributed by atoms with E-state index in [2.05, 4.69) is 4.90 Å². The quantitative estimate of drug-likeness (QED) is 0.564. The number of sulfone groups is 1. The van der Waals surface area contributed by atoms with E-state index in [-0.39, 0.29) is 9.90 Å². The summed E-state index contributed by atoms with van der Waals surface area (Å²) < 4.78 is 28.8. The Balaban J connectivity index is 1.72. The Kier molecular flexibility index (Phi) is 5.09. The van der Waals surface area contributed by atoms with Crippen LogP contribution in [0.2, 0.25) is 0 Å². The summed E-state index contributed by atoms with van der Waals surface area (Å²) in [4.78, 5) is 15.1. The summed E-state index contributed by atoms with van der Waals surface area (Å²) in [6, 6.07) is 1.19. The first-order chi connectivity index (χ1) is 11.3. The van der Waals surface area contributed by atoms with Gasteiger partial charge in [-0.1, -0.05) is 11.3 Å². The molecule has 2 aliphatic heterocycles. The van der Waals surface area contributed by atoms with Crippen LogP contribution in [0, 0.1) is 16.0 Å². The summed E-state index contributed by atoms with van der Waals surface area (Å²) in [6.07, 6.45) is 2.04. The molecule has 2 saturated heterocycles. The molecule has 0 bridgehead atoms. The molecule has 2 fully saturated rings. The second-order valence-corrected chi connectivity index (χ2v) is 9.57. The maximum Gasteiger partial charge on any atom is 0.305 e. The van der Waals surface area contributed by atoms with Crippen molar-refractivity contribution in [3.05, 3.63) is 16.2 Å². The van der Waals surface area contributed by atoms with Gasteiger partial charge in [0.25, 0.3) is 0 Å². The van der Waals surface area contributed by atoms with Crippen molar-refractivity contribution in [2.45, 2.75) is 10.6 Å². The minimum Gasteiger partial charge on any atom is -0.379 e. The van der Waals surface area contributed by atoms with Crippen LogP contribution in [0.25, 0.3) is 0 Å². The summed E-state index contributed by atoms with van der Waals surface area (Å²) in [5.74, 6) is 0.437. The van der Waals surface area contributed by atoms with E-state index in [1.165, 1.54) is 6.07 Å². The number of nitrogens with zero attached hydrogens (tertiary/aromatic N) is 3. The summed E-state index contributed by atoms with van der Waals surface area (Å²) in [6.45, 7) is 5.76. The first-order valence-corrected chi connectivity index (χ1v) is 10.6. The van der Waals surface area contributed by atoms with E-state index in [1.54, 1.807) is 0 Å². The molecule has 0 amide bonds. The number of hydrogen-bond donors (Lipinski definition) is 0. The third-order valence-electron chi connectivity index (χ3n) is 4.43. The van der Waals surface area contributed by atoms with Crippen molar-refractivity contribution in [3.8, 4) is 0 Å². The smallest absolute Gasteiger partial charge is 0.305 e. The predicted octanol–water partition coefficient (Wildman–Crippen LogP) is 1.22. The SMILES string of the molecule is CS(=O)(=O)c1cc([N+](=O)[O-])c(N2CCC(CN3CCOCC3)C2)s1. The molecule has 0 saturated carbocycles. The van der Waals surface area contributed by atoms with Gasteiger partial charge in [-0.05, 0) is 12.3 Å². The standard InChI is InChI=1S/C14H21N3O5S2/c1-24(20,21)13-8-12(17(18)19)14(23-13)16-3-2-11(10-16)9-15-4-6-22-7-5-15/h8,11H,2-7,9-10H2,1H3. The zero-order chi connectivity index (χ0) is 17.3. The van der Waals surface area contributed by atoms with Crippen molar-refractivity contribution in [3.63, 3.8) is 0 Å². The summed E-state index contributed by atoms with van der Waals surface area (Å²) >= 11 is 1.00. The molecule has 24 heavy (non-hydrogen) atoms. The Hall–Kier alpha value is -1.23. The molecule has 1 aromatic heterocycles. The van der Waals surface area contributed by atoms with E-state index in [0.29, 0.717) is 10.9 Å². The zero-order valence-electron chi connectivity index (χ0n) is 13.5. The molecule has 0 spiro atoms. The fourth-order valence-electron chi connectivity index (χ4n) is 3.21. The van der Waals surface area contributed by atoms with Crippen LogP contribution in [0.3, 0.4) is 0 Å². The van der Waals surface area contributed by atoms with Crippen molar-refractivity contribution in [1.82, 2.24) is 4.90 Å². The van der Waals surface area contributed by atoms with Crippen LogP contribution in [0.5, 0.6) is 0 Å². The minimum absolute atomic E-state index is 0.0563. The van der Waals surface area contributed by atoms with Gasteiger partial charge in [0.1, 0.15) is 4.21 Å². The second kappa shape index (κ2) is 6.95. The zero-order valence-corrected chi connectivity index (χ0v) is 15.1. The van der Waals surface area contributed by atoms with Gasteiger partial charge in [-0.2, -0.15) is 0 Å². The van der Waals surface area contributed by atoms with Gasteiger partial charge in [-0.3, -0.25) is 15.0 Å². The molecule has 3 heterocycles. The molecule has 0 aromatic carbocycles. The highest BCUT2D eigenvalue weighted by Crippen LogP contribution is 2.41. The van der Waals surface area contributed by atoms with Crippen LogP contribution >= 0.6 is 11.3 Å². The first kappa shape index (κ1) is 17.6. The van der Waals surface area contributed by atoms with Gasteiger partial charge in [0, 0.05) is 45.0 Å². The lowest BCUT2D eigenvalue weighted by Gasteiger charge is -2.29. The van der Waals surface area contributed by atoms with E-state index >= 15 is 0 Å².